The molecule has 2 atom stereocenters. The molecule has 2 aliphatic heterocycles. The first-order valence-corrected chi connectivity index (χ1v) is 23.7. The van der Waals surface area contributed by atoms with Crippen molar-refractivity contribution in [2.45, 2.75) is 50.1 Å². The second-order valence-corrected chi connectivity index (χ2v) is 19.7. The topological polar surface area (TPSA) is 105 Å². The monoisotopic (exact) mass is 920 g/mol. The van der Waals surface area contributed by atoms with Gasteiger partial charge in [0.05, 0.1) is 28.0 Å². The van der Waals surface area contributed by atoms with E-state index in [1.807, 2.05) is 80.7 Å². The molecule has 1 saturated heterocycles. The maximum absolute atomic E-state index is 13.8. The molecule has 0 saturated carbocycles. The van der Waals surface area contributed by atoms with Gasteiger partial charge in [0.15, 0.2) is 6.29 Å². The van der Waals surface area contributed by atoms with Crippen molar-refractivity contribution >= 4 is 51.0 Å². The average Bonchev–Trinajstić information content (AvgIpc) is 3.54. The van der Waals surface area contributed by atoms with Gasteiger partial charge in [-0.1, -0.05) is 54.1 Å². The van der Waals surface area contributed by atoms with Crippen LogP contribution in [-0.4, -0.2) is 98.9 Å². The molecule has 0 spiro atoms. The molecule has 0 bridgehead atoms. The Kier molecular flexibility index (Phi) is 12.9. The third kappa shape index (κ3) is 9.04. The molecule has 3 heterocycles. The van der Waals surface area contributed by atoms with Crippen LogP contribution in [0.4, 0.5) is 24.5 Å². The van der Waals surface area contributed by atoms with Crippen molar-refractivity contribution in [3.63, 3.8) is 0 Å². The zero-order valence-electron chi connectivity index (χ0n) is 35.7. The van der Waals surface area contributed by atoms with Crippen LogP contribution in [0.3, 0.4) is 0 Å². The number of carbonyl (C=O) groups is 1. The molecule has 0 amide bonds. The van der Waals surface area contributed by atoms with Gasteiger partial charge in [-0.3, -0.25) is 9.52 Å². The summed E-state index contributed by atoms with van der Waals surface area (Å²) in [7, 11) is 0.741. The van der Waals surface area contributed by atoms with E-state index in [-0.39, 0.29) is 18.0 Å². The van der Waals surface area contributed by atoms with Crippen molar-refractivity contribution in [1.82, 2.24) is 29.4 Å². The van der Waals surface area contributed by atoms with Gasteiger partial charge in [-0.25, -0.2) is 8.42 Å². The largest absolute Gasteiger partial charge is 0.501 e. The number of allylic oxidation sites excluding steroid dienone is 5. The lowest BCUT2D eigenvalue weighted by atomic mass is 9.82. The molecule has 3 aromatic rings. The molecule has 5 aliphatic rings. The number of piperazine rings is 1. The lowest BCUT2D eigenvalue weighted by molar-refractivity contribution is -0.0428. The molecule has 2 unspecified atom stereocenters. The number of hydrazine groups is 1. The number of hydrogen-bond acceptors (Lipinski definition) is 11. The minimum absolute atomic E-state index is 0.0420. The van der Waals surface area contributed by atoms with Crippen LogP contribution in [0.1, 0.15) is 53.2 Å². The third-order valence-electron chi connectivity index (χ3n) is 12.6. The summed E-state index contributed by atoms with van der Waals surface area (Å²) >= 11 is 7.44. The van der Waals surface area contributed by atoms with E-state index in [1.54, 1.807) is 6.08 Å². The Morgan fingerprint density at radius 2 is 1.57 bits per heavy atom. The Balaban J connectivity index is 0.955. The number of benzene rings is 2. The summed E-state index contributed by atoms with van der Waals surface area (Å²) in [5, 5.41) is 0.655. The number of aromatic nitrogens is 1. The van der Waals surface area contributed by atoms with Crippen LogP contribution in [0.25, 0.3) is 11.3 Å². The van der Waals surface area contributed by atoms with Crippen LogP contribution >= 0.6 is 23.5 Å². The Morgan fingerprint density at radius 1 is 0.873 bits per heavy atom. The minimum atomic E-state index is -5.59. The van der Waals surface area contributed by atoms with Crippen molar-refractivity contribution in [3.8, 4) is 11.3 Å². The van der Waals surface area contributed by atoms with Crippen molar-refractivity contribution in [2.24, 2.45) is 7.05 Å². The lowest BCUT2D eigenvalue weighted by Crippen LogP contribution is -2.47. The molecule has 63 heavy (non-hydrogen) atoms. The van der Waals surface area contributed by atoms with Crippen LogP contribution in [0.15, 0.2) is 118 Å². The lowest BCUT2D eigenvalue weighted by Gasteiger charge is -2.46. The molecule has 8 rings (SSSR count). The van der Waals surface area contributed by atoms with Crippen molar-refractivity contribution in [1.29, 1.82) is 0 Å². The normalized spacial score (nSPS) is 20.8. The fourth-order valence-electron chi connectivity index (χ4n) is 9.05. The van der Waals surface area contributed by atoms with E-state index in [0.717, 1.165) is 116 Å². The Labute approximate surface area is 376 Å². The van der Waals surface area contributed by atoms with Gasteiger partial charge in [-0.05, 0) is 86.2 Å². The molecule has 3 aliphatic carbocycles. The summed E-state index contributed by atoms with van der Waals surface area (Å²) in [6.45, 7) is 6.95. The zero-order chi connectivity index (χ0) is 44.6. The average molecular weight is 922 g/mol. The second kappa shape index (κ2) is 18.2. The van der Waals surface area contributed by atoms with Gasteiger partial charge in [-0.15, -0.1) is 0 Å². The molecule has 3 N–H and O–H groups in total. The van der Waals surface area contributed by atoms with Gasteiger partial charge in [0.25, 0.3) is 9.84 Å². The number of hydrogen-bond donors (Lipinski definition) is 3. The highest BCUT2D eigenvalue weighted by Crippen LogP contribution is 2.47. The van der Waals surface area contributed by atoms with Gasteiger partial charge < -0.3 is 35.0 Å². The first-order chi connectivity index (χ1) is 30.1. The number of alkyl halides is 3. The van der Waals surface area contributed by atoms with Gasteiger partial charge >= 0.3 is 5.51 Å². The van der Waals surface area contributed by atoms with E-state index in [2.05, 4.69) is 59.9 Å². The molecular formula is C46H52ClF3N8O3S2. The summed E-state index contributed by atoms with van der Waals surface area (Å²) in [4.78, 5) is 22.5. The van der Waals surface area contributed by atoms with E-state index in [0.29, 0.717) is 16.3 Å². The summed E-state index contributed by atoms with van der Waals surface area (Å²) in [5.74, 6) is -0.145. The number of carbonyl (C=O) groups excluding carboxylic acids is 1. The summed E-state index contributed by atoms with van der Waals surface area (Å²) in [5.41, 5.74) is 10.8. The number of likely N-dealkylation sites (N-methyl/N-ethyl adjacent to an activating group) is 2. The molecule has 17 heteroatoms. The molecule has 0 radical (unpaired) electrons. The summed E-state index contributed by atoms with van der Waals surface area (Å²) in [6, 6.07) is 14.5. The Hall–Kier alpha value is -5.03. The molecule has 334 valence electrons. The first-order valence-electron chi connectivity index (χ1n) is 21.0. The number of halogens is 4. The van der Waals surface area contributed by atoms with Gasteiger partial charge in [-0.2, -0.15) is 13.2 Å². The van der Waals surface area contributed by atoms with E-state index in [4.69, 9.17) is 11.6 Å². The van der Waals surface area contributed by atoms with Crippen LogP contribution < -0.4 is 20.5 Å². The number of rotatable bonds is 12. The van der Waals surface area contributed by atoms with Gasteiger partial charge in [0.2, 0.25) is 0 Å². The van der Waals surface area contributed by atoms with Gasteiger partial charge in [0.1, 0.15) is 0 Å². The van der Waals surface area contributed by atoms with E-state index >= 15 is 0 Å². The smallest absolute Gasteiger partial charge is 0.374 e. The highest BCUT2D eigenvalue weighted by molar-refractivity contribution is 8.01. The number of aldehydes is 1. The highest BCUT2D eigenvalue weighted by atomic mass is 35.5. The standard InChI is InChI=1S/C46H52ClF3N8O3S2/c1-30-39(29-59)43(44(56(30)4)31-10-12-32(47)13-11-31)38-27-36(28-41-45(38)55(3)21-20-54(41)2)58-24-22-57(23-25-58)35-17-14-33(15-18-35)51-52-34-16-19-40(53-62-37-8-6-5-7-9-37)42(26-34)63(60,61)46(48,49)50/h6,8-18,26-27,29,38,40,51-53H,5,7,19-25,28H2,1-4H3. The SMILES string of the molecule is Cc1c(C=O)c(C2C=C(N3CCN(c4ccc(NNC5=CCC(NSC6=CCCC=C6)C(S(=O)(=O)C(F)(F)F)=C5)cc4)CC3)CC3=C2N(C)CCN3C)c(-c2ccc(Cl)cc2)n1C. The van der Waals surface area contributed by atoms with Crippen molar-refractivity contribution in [2.75, 3.05) is 63.7 Å². The number of anilines is 2. The van der Waals surface area contributed by atoms with Crippen LogP contribution in [0.2, 0.25) is 5.02 Å². The summed E-state index contributed by atoms with van der Waals surface area (Å²) < 4.78 is 71.7. The quantitative estimate of drug-likeness (QED) is 0.0925. The number of nitrogens with zero attached hydrogens (tertiary/aromatic N) is 5. The van der Waals surface area contributed by atoms with Crippen molar-refractivity contribution in [3.05, 3.63) is 139 Å². The molecule has 11 nitrogen and oxygen atoms in total. The molecule has 1 aromatic heterocycles. The van der Waals surface area contributed by atoms with E-state index in [1.165, 1.54) is 17.1 Å². The van der Waals surface area contributed by atoms with E-state index < -0.39 is 26.3 Å². The van der Waals surface area contributed by atoms with Crippen LogP contribution in [-0.2, 0) is 16.9 Å². The number of sulfone groups is 1. The Bertz CT molecular complexity index is 2540. The third-order valence-corrected chi connectivity index (χ3v) is 15.5. The molecule has 2 aromatic carbocycles. The predicted molar refractivity (Wildman–Crippen MR) is 247 cm³/mol. The van der Waals surface area contributed by atoms with Crippen LogP contribution in [0.5, 0.6) is 0 Å². The molecular weight excluding hydrogens is 869 g/mol. The maximum Gasteiger partial charge on any atom is 0.501 e. The Morgan fingerprint density at radius 3 is 2.24 bits per heavy atom. The van der Waals surface area contributed by atoms with Crippen molar-refractivity contribution < 1.29 is 26.4 Å². The fourth-order valence-corrected chi connectivity index (χ4v) is 11.2. The summed E-state index contributed by atoms with van der Waals surface area (Å²) in [6.07, 6.45) is 14.4. The van der Waals surface area contributed by atoms with E-state index in [9.17, 15) is 26.4 Å². The first kappa shape index (κ1) is 44.6. The number of nitrogens with one attached hydrogen (secondary N) is 3. The highest BCUT2D eigenvalue weighted by Gasteiger charge is 2.50. The minimum Gasteiger partial charge on any atom is -0.374 e. The van der Waals surface area contributed by atoms with Gasteiger partial charge in [0, 0.05) is 122 Å². The maximum atomic E-state index is 13.8. The van der Waals surface area contributed by atoms with Crippen LogP contribution in [0, 0.1) is 6.92 Å². The second-order valence-electron chi connectivity index (χ2n) is 16.5. The molecule has 1 fully saturated rings. The zero-order valence-corrected chi connectivity index (χ0v) is 38.1. The predicted octanol–water partition coefficient (Wildman–Crippen LogP) is 8.61. The fraction of sp³-hybridized carbons (Fsp3) is 0.370.